The Labute approximate surface area is 235 Å². The van der Waals surface area contributed by atoms with Crippen LogP contribution in [0.2, 0.25) is 0 Å². The summed E-state index contributed by atoms with van der Waals surface area (Å²) in [4.78, 5) is 14.1. The maximum Gasteiger partial charge on any atom is 0.494 e. The third-order valence-corrected chi connectivity index (χ3v) is 8.96. The molecule has 4 rings (SSSR count). The van der Waals surface area contributed by atoms with Gasteiger partial charge in [0.25, 0.3) is 0 Å². The average molecular weight is 644 g/mol. The van der Waals surface area contributed by atoms with E-state index in [-0.39, 0.29) is 12.2 Å². The highest BCUT2D eigenvalue weighted by atomic mass is 127. The Morgan fingerprint density at radius 2 is 1.89 bits per heavy atom. The molecular weight excluding hydrogens is 605 g/mol. The number of benzene rings is 1. The number of carbonyl (C=O) groups excluding carboxylic acids is 1. The number of hydrogen-bond acceptors (Lipinski definition) is 7. The van der Waals surface area contributed by atoms with Crippen molar-refractivity contribution in [3.05, 3.63) is 18.3 Å². The predicted octanol–water partition coefficient (Wildman–Crippen LogP) is 4.64. The summed E-state index contributed by atoms with van der Waals surface area (Å²) in [5.74, 6) is 0. The van der Waals surface area contributed by atoms with Crippen molar-refractivity contribution in [3.63, 3.8) is 0 Å². The van der Waals surface area contributed by atoms with Gasteiger partial charge in [0.05, 0.1) is 35.4 Å². The van der Waals surface area contributed by atoms with Gasteiger partial charge in [0.2, 0.25) is 0 Å². The molecule has 0 bridgehead atoms. The summed E-state index contributed by atoms with van der Waals surface area (Å²) in [5.41, 5.74) is 1.99. The van der Waals surface area contributed by atoms with Crippen molar-refractivity contribution in [3.8, 4) is 0 Å². The fourth-order valence-electron chi connectivity index (χ4n) is 4.30. The van der Waals surface area contributed by atoms with E-state index in [0.29, 0.717) is 19.5 Å². The third-order valence-electron chi connectivity index (χ3n) is 7.08. The van der Waals surface area contributed by atoms with Gasteiger partial charge in [0, 0.05) is 37.3 Å². The van der Waals surface area contributed by atoms with Gasteiger partial charge < -0.3 is 29.0 Å². The van der Waals surface area contributed by atoms with Gasteiger partial charge in [-0.3, -0.25) is 0 Å². The van der Waals surface area contributed by atoms with Gasteiger partial charge in [-0.25, -0.2) is 9.25 Å². The van der Waals surface area contributed by atoms with Crippen LogP contribution in [0.5, 0.6) is 0 Å². The molecular formula is C25H39BIN4O5P. The van der Waals surface area contributed by atoms with E-state index in [1.165, 1.54) is 0 Å². The lowest BCUT2D eigenvalue weighted by atomic mass is 9.78. The Kier molecular flexibility index (Phi) is 8.70. The zero-order valence-corrected chi connectivity index (χ0v) is 26.0. The number of fused-ring (bicyclic) bond motifs is 1. The molecule has 2 saturated heterocycles. The molecule has 1 aromatic heterocycles. The normalized spacial score (nSPS) is 19.7. The first-order chi connectivity index (χ1) is 17.3. The van der Waals surface area contributed by atoms with Crippen molar-refractivity contribution < 1.29 is 23.6 Å². The molecule has 3 heterocycles. The molecule has 0 aliphatic carbocycles. The van der Waals surface area contributed by atoms with E-state index in [4.69, 9.17) is 18.8 Å². The molecule has 1 atom stereocenters. The molecule has 37 heavy (non-hydrogen) atoms. The number of nitrogens with one attached hydrogen (secondary N) is 1. The van der Waals surface area contributed by atoms with Gasteiger partial charge in [-0.05, 0) is 101 Å². The zero-order chi connectivity index (χ0) is 27.0. The molecule has 1 N–H and O–H groups in total. The number of amides is 1. The highest BCUT2D eigenvalue weighted by Gasteiger charge is 2.52. The summed E-state index contributed by atoms with van der Waals surface area (Å²) < 4.78 is 26.1. The highest BCUT2D eigenvalue weighted by molar-refractivity contribution is 14.2. The zero-order valence-electron chi connectivity index (χ0n) is 22.9. The summed E-state index contributed by atoms with van der Waals surface area (Å²) in [6.07, 6.45) is 4.02. The van der Waals surface area contributed by atoms with Gasteiger partial charge in [-0.1, -0.05) is 0 Å². The van der Waals surface area contributed by atoms with Crippen molar-refractivity contribution in [2.75, 3.05) is 31.1 Å². The number of aromatic nitrogens is 2. The SMILES string of the molecule is CC(C)(C)OC(=O)NCCCCOC1CN(c2cc(B3OC(C)(C)C(C)(C)O3)cc3c2cnn3PI)C1. The van der Waals surface area contributed by atoms with Crippen molar-refractivity contribution in [2.24, 2.45) is 0 Å². The molecule has 0 radical (unpaired) electrons. The van der Waals surface area contributed by atoms with Crippen LogP contribution >= 0.6 is 28.4 Å². The summed E-state index contributed by atoms with van der Waals surface area (Å²) >= 11 is 2.36. The molecule has 2 aromatic rings. The van der Waals surface area contributed by atoms with Gasteiger partial charge in [-0.15, -0.1) is 0 Å². The minimum absolute atomic E-state index is 0.191. The van der Waals surface area contributed by atoms with Crippen molar-refractivity contribution >= 4 is 63.7 Å². The van der Waals surface area contributed by atoms with Crippen LogP contribution in [0.15, 0.2) is 18.3 Å². The van der Waals surface area contributed by atoms with E-state index in [2.05, 4.69) is 77.2 Å². The minimum atomic E-state index is -0.478. The fraction of sp³-hybridized carbons (Fsp3) is 0.680. The second kappa shape index (κ2) is 11.2. The monoisotopic (exact) mass is 644 g/mol. The van der Waals surface area contributed by atoms with Crippen LogP contribution < -0.4 is 15.7 Å². The smallest absolute Gasteiger partial charge is 0.444 e. The highest BCUT2D eigenvalue weighted by Crippen LogP contribution is 2.39. The van der Waals surface area contributed by atoms with E-state index in [9.17, 15) is 4.79 Å². The molecule has 0 saturated carbocycles. The topological polar surface area (TPSA) is 87.1 Å². The Morgan fingerprint density at radius 1 is 1.22 bits per heavy atom. The lowest BCUT2D eigenvalue weighted by molar-refractivity contribution is 0.00578. The Hall–Kier alpha value is -1.14. The molecule has 1 aromatic carbocycles. The molecule has 12 heteroatoms. The first-order valence-corrected chi connectivity index (χ1v) is 16.9. The van der Waals surface area contributed by atoms with Crippen LogP contribution in [0.1, 0.15) is 61.3 Å². The molecule has 1 amide bonds. The number of halogens is 1. The first kappa shape index (κ1) is 28.9. The molecule has 9 nitrogen and oxygen atoms in total. The average Bonchev–Trinajstić information content (AvgIpc) is 3.27. The van der Waals surface area contributed by atoms with E-state index in [1.807, 2.05) is 31.4 Å². The predicted molar refractivity (Wildman–Crippen MR) is 159 cm³/mol. The maximum atomic E-state index is 11.7. The molecule has 0 spiro atoms. The van der Waals surface area contributed by atoms with E-state index in [1.54, 1.807) is 0 Å². The summed E-state index contributed by atoms with van der Waals surface area (Å²) in [6.45, 7) is 16.8. The standard InChI is InChI=1S/C25H39BIN4O5P/c1-23(2,3)34-22(32)28-10-8-9-11-33-18-15-30(16-18)20-12-17(13-21-19(20)14-29-31(21)37-27)26-35-24(4,5)25(6,7)36-26/h12-14,18,37H,8-11,15-16H2,1-7H3,(H,28,32). The summed E-state index contributed by atoms with van der Waals surface area (Å²) in [5, 5.41) is 8.54. The number of carbonyl (C=O) groups is 1. The van der Waals surface area contributed by atoms with Gasteiger partial charge in [0.1, 0.15) is 5.60 Å². The van der Waals surface area contributed by atoms with Crippen LogP contribution in [-0.2, 0) is 18.8 Å². The van der Waals surface area contributed by atoms with Crippen LogP contribution in [0.3, 0.4) is 0 Å². The van der Waals surface area contributed by atoms with Gasteiger partial charge in [0.15, 0.2) is 0 Å². The van der Waals surface area contributed by atoms with Gasteiger partial charge in [-0.2, -0.15) is 5.10 Å². The number of rotatable bonds is 9. The molecule has 2 fully saturated rings. The quantitative estimate of drug-likeness (QED) is 0.184. The Balaban J connectivity index is 1.32. The van der Waals surface area contributed by atoms with Gasteiger partial charge >= 0.3 is 13.2 Å². The van der Waals surface area contributed by atoms with E-state index >= 15 is 0 Å². The number of alkyl carbamates (subject to hydrolysis) is 1. The van der Waals surface area contributed by atoms with Crippen LogP contribution in [0, 0.1) is 0 Å². The third kappa shape index (κ3) is 6.72. The largest absolute Gasteiger partial charge is 0.494 e. The lowest BCUT2D eigenvalue weighted by Gasteiger charge is -2.41. The molecule has 2 aliphatic rings. The summed E-state index contributed by atoms with van der Waals surface area (Å²) in [7, 11) is -0.420. The van der Waals surface area contributed by atoms with E-state index in [0.717, 1.165) is 48.0 Å². The number of anilines is 1. The number of nitrogens with zero attached hydrogens (tertiary/aromatic N) is 3. The Bertz CT molecular complexity index is 1100. The van der Waals surface area contributed by atoms with Crippen molar-refractivity contribution in [1.29, 1.82) is 0 Å². The Morgan fingerprint density at radius 3 is 2.51 bits per heavy atom. The molecule has 1 unspecified atom stereocenters. The van der Waals surface area contributed by atoms with Crippen LogP contribution in [-0.4, -0.2) is 71.9 Å². The fourth-order valence-corrected chi connectivity index (χ4v) is 5.83. The minimum Gasteiger partial charge on any atom is -0.444 e. The lowest BCUT2D eigenvalue weighted by Crippen LogP contribution is -2.53. The van der Waals surface area contributed by atoms with Crippen LogP contribution in [0.25, 0.3) is 10.9 Å². The molecule has 2 aliphatic heterocycles. The first-order valence-electron chi connectivity index (χ1n) is 12.9. The van der Waals surface area contributed by atoms with E-state index < -0.39 is 23.9 Å². The number of unbranched alkanes of at least 4 members (excludes halogenated alkanes) is 1. The second-order valence-corrected chi connectivity index (χ2v) is 13.8. The van der Waals surface area contributed by atoms with Crippen LogP contribution in [0.4, 0.5) is 10.5 Å². The van der Waals surface area contributed by atoms with Crippen molar-refractivity contribution in [2.45, 2.75) is 84.2 Å². The summed E-state index contributed by atoms with van der Waals surface area (Å²) in [6, 6.07) is 4.34. The van der Waals surface area contributed by atoms with Crippen molar-refractivity contribution in [1.82, 2.24) is 14.9 Å². The molecule has 204 valence electrons. The number of hydrogen-bond donors (Lipinski definition) is 1. The second-order valence-electron chi connectivity index (χ2n) is 11.7. The number of ether oxygens (including phenoxy) is 2. The maximum absolute atomic E-state index is 11.7.